The van der Waals surface area contributed by atoms with Gasteiger partial charge in [0.1, 0.15) is 0 Å². The quantitative estimate of drug-likeness (QED) is 0.724. The molecule has 0 aliphatic heterocycles. The van der Waals surface area contributed by atoms with Crippen molar-refractivity contribution >= 4 is 0 Å². The van der Waals surface area contributed by atoms with E-state index >= 15 is 0 Å². The molecule has 0 aliphatic rings. The van der Waals surface area contributed by atoms with Crippen LogP contribution in [0.4, 0.5) is 0 Å². The van der Waals surface area contributed by atoms with E-state index in [1.807, 2.05) is 31.2 Å². The van der Waals surface area contributed by atoms with E-state index < -0.39 is 0 Å². The summed E-state index contributed by atoms with van der Waals surface area (Å²) in [4.78, 5) is 0. The van der Waals surface area contributed by atoms with E-state index in [4.69, 9.17) is 5.26 Å². The van der Waals surface area contributed by atoms with Gasteiger partial charge in [-0.2, -0.15) is 9.94 Å². The van der Waals surface area contributed by atoms with Crippen LogP contribution in [0.2, 0.25) is 0 Å². The molecular formula is C10H9N5. The number of aromatic nitrogens is 4. The summed E-state index contributed by atoms with van der Waals surface area (Å²) in [5.74, 6) is 0.726. The summed E-state index contributed by atoms with van der Waals surface area (Å²) < 4.78 is 1.64. The molecule has 0 bridgehead atoms. The Morgan fingerprint density at radius 3 is 3.00 bits per heavy atom. The molecule has 0 radical (unpaired) electrons. The lowest BCUT2D eigenvalue weighted by molar-refractivity contribution is 0.778. The van der Waals surface area contributed by atoms with E-state index in [1.165, 1.54) is 0 Å². The second kappa shape index (κ2) is 3.88. The van der Waals surface area contributed by atoms with Gasteiger partial charge in [0.25, 0.3) is 0 Å². The smallest absolute Gasteiger partial charge is 0.153 e. The number of hydrogen-bond donors (Lipinski definition) is 0. The lowest BCUT2D eigenvalue weighted by Crippen LogP contribution is -1.99. The van der Waals surface area contributed by atoms with Crippen molar-refractivity contribution in [3.63, 3.8) is 0 Å². The number of benzene rings is 1. The second-order valence-corrected chi connectivity index (χ2v) is 3.14. The molecule has 0 amide bonds. The van der Waals surface area contributed by atoms with Crippen LogP contribution >= 0.6 is 0 Å². The zero-order valence-corrected chi connectivity index (χ0v) is 8.25. The highest BCUT2D eigenvalue weighted by atomic mass is 15.5. The third-order valence-corrected chi connectivity index (χ3v) is 2.06. The van der Waals surface area contributed by atoms with Gasteiger partial charge < -0.3 is 0 Å². The van der Waals surface area contributed by atoms with Crippen LogP contribution in [0, 0.1) is 18.3 Å². The predicted octanol–water partition coefficient (Wildman–Crippen LogP) is 1.04. The summed E-state index contributed by atoms with van der Waals surface area (Å²) in [5, 5.41) is 19.8. The molecule has 15 heavy (non-hydrogen) atoms. The number of nitrogens with zero attached hydrogens (tertiary/aromatic N) is 5. The first-order chi connectivity index (χ1) is 7.31. The monoisotopic (exact) mass is 199 g/mol. The van der Waals surface area contributed by atoms with Crippen molar-refractivity contribution in [3.8, 4) is 11.8 Å². The molecule has 0 aliphatic carbocycles. The summed E-state index contributed by atoms with van der Waals surface area (Å²) in [6.07, 6.45) is 0.398. The molecule has 0 saturated carbocycles. The van der Waals surface area contributed by atoms with Crippen LogP contribution in [-0.2, 0) is 6.42 Å². The maximum atomic E-state index is 8.60. The topological polar surface area (TPSA) is 67.4 Å². The van der Waals surface area contributed by atoms with Crippen LogP contribution in [0.25, 0.3) is 5.69 Å². The maximum Gasteiger partial charge on any atom is 0.153 e. The fourth-order valence-electron chi connectivity index (χ4n) is 1.36. The van der Waals surface area contributed by atoms with Gasteiger partial charge in [0, 0.05) is 0 Å². The Kier molecular flexibility index (Phi) is 2.42. The van der Waals surface area contributed by atoms with Crippen molar-refractivity contribution in [1.82, 2.24) is 20.2 Å². The molecule has 1 aromatic carbocycles. The Balaban J connectivity index is 2.42. The van der Waals surface area contributed by atoms with Crippen LogP contribution in [0.3, 0.4) is 0 Å². The Morgan fingerprint density at radius 1 is 1.47 bits per heavy atom. The number of tetrazole rings is 1. The first-order valence-corrected chi connectivity index (χ1v) is 4.52. The highest BCUT2D eigenvalue weighted by Gasteiger charge is 2.03. The molecule has 0 unspecified atom stereocenters. The van der Waals surface area contributed by atoms with Crippen LogP contribution in [0.5, 0.6) is 0 Å². The van der Waals surface area contributed by atoms with Gasteiger partial charge in [-0.15, -0.1) is 5.10 Å². The van der Waals surface area contributed by atoms with Crippen molar-refractivity contribution in [3.05, 3.63) is 35.7 Å². The predicted molar refractivity (Wildman–Crippen MR) is 53.2 cm³/mol. The summed E-state index contributed by atoms with van der Waals surface area (Å²) in [7, 11) is 0. The van der Waals surface area contributed by atoms with Gasteiger partial charge in [0.15, 0.2) is 5.82 Å². The van der Waals surface area contributed by atoms with E-state index in [2.05, 4.69) is 21.6 Å². The van der Waals surface area contributed by atoms with E-state index in [1.54, 1.807) is 4.68 Å². The number of nitriles is 1. The molecule has 5 nitrogen and oxygen atoms in total. The molecule has 2 aromatic rings. The van der Waals surface area contributed by atoms with Gasteiger partial charge in [-0.3, -0.25) is 0 Å². The van der Waals surface area contributed by atoms with Gasteiger partial charge in [0.2, 0.25) is 0 Å². The molecule has 5 heteroatoms. The SMILES string of the molecule is Cc1nnnn1-c1cccc(CC#N)c1. The summed E-state index contributed by atoms with van der Waals surface area (Å²) in [5.41, 5.74) is 1.84. The molecular weight excluding hydrogens is 190 g/mol. The van der Waals surface area contributed by atoms with E-state index in [9.17, 15) is 0 Å². The molecule has 1 aromatic heterocycles. The van der Waals surface area contributed by atoms with Gasteiger partial charge in [-0.25, -0.2) is 0 Å². The van der Waals surface area contributed by atoms with E-state index in [-0.39, 0.29) is 0 Å². The summed E-state index contributed by atoms with van der Waals surface area (Å²) in [6.45, 7) is 1.83. The Morgan fingerprint density at radius 2 is 2.33 bits per heavy atom. The Bertz CT molecular complexity index is 509. The molecule has 0 saturated heterocycles. The fraction of sp³-hybridized carbons (Fsp3) is 0.200. The molecule has 0 atom stereocenters. The van der Waals surface area contributed by atoms with E-state index in [0.717, 1.165) is 17.1 Å². The lowest BCUT2D eigenvalue weighted by Gasteiger charge is -2.02. The highest BCUT2D eigenvalue weighted by Crippen LogP contribution is 2.10. The first-order valence-electron chi connectivity index (χ1n) is 4.52. The standard InChI is InChI=1S/C10H9N5/c1-8-12-13-14-15(8)10-4-2-3-9(7-10)5-6-11/h2-4,7H,5H2,1H3. The second-order valence-electron chi connectivity index (χ2n) is 3.14. The Hall–Kier alpha value is -2.22. The average Bonchev–Trinajstić information content (AvgIpc) is 2.65. The normalized spacial score (nSPS) is 9.87. The minimum Gasteiger partial charge on any atom is -0.198 e. The molecule has 1 heterocycles. The summed E-state index contributed by atoms with van der Waals surface area (Å²) >= 11 is 0. The number of hydrogen-bond acceptors (Lipinski definition) is 4. The fourth-order valence-corrected chi connectivity index (χ4v) is 1.36. The molecule has 2 rings (SSSR count). The van der Waals surface area contributed by atoms with Crippen molar-refractivity contribution in [2.75, 3.05) is 0 Å². The zero-order valence-electron chi connectivity index (χ0n) is 8.25. The van der Waals surface area contributed by atoms with Gasteiger partial charge in [0.05, 0.1) is 18.2 Å². The lowest BCUT2D eigenvalue weighted by atomic mass is 10.1. The highest BCUT2D eigenvalue weighted by molar-refractivity contribution is 5.36. The summed E-state index contributed by atoms with van der Waals surface area (Å²) in [6, 6.07) is 9.73. The van der Waals surface area contributed by atoms with Gasteiger partial charge >= 0.3 is 0 Å². The van der Waals surface area contributed by atoms with E-state index in [0.29, 0.717) is 6.42 Å². The van der Waals surface area contributed by atoms with Crippen molar-refractivity contribution in [2.24, 2.45) is 0 Å². The van der Waals surface area contributed by atoms with Crippen molar-refractivity contribution < 1.29 is 0 Å². The maximum absolute atomic E-state index is 8.60. The minimum absolute atomic E-state index is 0.398. The molecule has 0 fully saturated rings. The molecule has 0 spiro atoms. The average molecular weight is 199 g/mol. The van der Waals surface area contributed by atoms with Gasteiger partial charge in [-0.05, 0) is 35.0 Å². The third kappa shape index (κ3) is 1.83. The van der Waals surface area contributed by atoms with Crippen LogP contribution in [0.15, 0.2) is 24.3 Å². The third-order valence-electron chi connectivity index (χ3n) is 2.06. The number of rotatable bonds is 2. The van der Waals surface area contributed by atoms with Crippen LogP contribution < -0.4 is 0 Å². The van der Waals surface area contributed by atoms with Gasteiger partial charge in [-0.1, -0.05) is 12.1 Å². The number of aryl methyl sites for hydroxylation is 1. The molecule has 74 valence electrons. The van der Waals surface area contributed by atoms with Crippen molar-refractivity contribution in [1.29, 1.82) is 5.26 Å². The zero-order chi connectivity index (χ0) is 10.7. The molecule has 0 N–H and O–H groups in total. The van der Waals surface area contributed by atoms with Crippen LogP contribution in [0.1, 0.15) is 11.4 Å². The Labute approximate surface area is 87.0 Å². The largest absolute Gasteiger partial charge is 0.198 e. The van der Waals surface area contributed by atoms with Crippen LogP contribution in [-0.4, -0.2) is 20.2 Å². The first kappa shape index (κ1) is 9.34. The van der Waals surface area contributed by atoms with Crippen molar-refractivity contribution in [2.45, 2.75) is 13.3 Å². The minimum atomic E-state index is 0.398.